The van der Waals surface area contributed by atoms with Crippen LogP contribution in [0.2, 0.25) is 5.02 Å². The van der Waals surface area contributed by atoms with Gasteiger partial charge in [0.25, 0.3) is 5.56 Å². The third-order valence-electron chi connectivity index (χ3n) is 4.49. The molecule has 3 aliphatic rings. The van der Waals surface area contributed by atoms with Crippen molar-refractivity contribution >= 4 is 34.5 Å². The zero-order valence-corrected chi connectivity index (χ0v) is 15.2. The van der Waals surface area contributed by atoms with E-state index in [-0.39, 0.29) is 33.0 Å². The van der Waals surface area contributed by atoms with Gasteiger partial charge in [0.05, 0.1) is 10.6 Å². The number of rotatable bonds is 1. The molecule has 0 bridgehead atoms. The van der Waals surface area contributed by atoms with E-state index in [9.17, 15) is 14.4 Å². The summed E-state index contributed by atoms with van der Waals surface area (Å²) < 4.78 is 1.37. The van der Waals surface area contributed by atoms with E-state index >= 15 is 0 Å². The molecule has 5 nitrogen and oxygen atoms in total. The summed E-state index contributed by atoms with van der Waals surface area (Å²) in [7, 11) is 0. The largest absolute Gasteiger partial charge is 0.288 e. The van der Waals surface area contributed by atoms with Gasteiger partial charge in [0.2, 0.25) is 11.6 Å². The molecule has 0 atom stereocenters. The summed E-state index contributed by atoms with van der Waals surface area (Å²) in [5.74, 6) is -0.334. The summed E-state index contributed by atoms with van der Waals surface area (Å²) in [6.45, 7) is 0. The van der Waals surface area contributed by atoms with Crippen LogP contribution in [0.15, 0.2) is 59.4 Å². The van der Waals surface area contributed by atoms with Crippen LogP contribution in [0, 0.1) is 0 Å². The predicted molar refractivity (Wildman–Crippen MR) is 103 cm³/mol. The minimum atomic E-state index is -0.429. The summed E-state index contributed by atoms with van der Waals surface area (Å²) >= 11 is 7.30. The number of nitrogens with zero attached hydrogens (tertiary/aromatic N) is 2. The van der Waals surface area contributed by atoms with E-state index in [1.165, 1.54) is 4.57 Å². The Labute approximate surface area is 161 Å². The highest BCUT2D eigenvalue weighted by Gasteiger charge is 2.35. The maximum absolute atomic E-state index is 12.9. The van der Waals surface area contributed by atoms with Crippen molar-refractivity contribution in [3.05, 3.63) is 91.7 Å². The summed E-state index contributed by atoms with van der Waals surface area (Å²) in [4.78, 5) is 43.5. The Morgan fingerprint density at radius 1 is 0.815 bits per heavy atom. The molecular formula is C20H9ClN2O3S. The van der Waals surface area contributed by atoms with Crippen LogP contribution in [0.3, 0.4) is 0 Å². The van der Waals surface area contributed by atoms with E-state index in [1.54, 1.807) is 48.5 Å². The van der Waals surface area contributed by atoms with Crippen LogP contribution < -0.4 is 5.56 Å². The quantitative estimate of drug-likeness (QED) is 0.435. The number of halogens is 1. The molecule has 0 fully saturated rings. The molecule has 5 rings (SSSR count). The first-order valence-electron chi connectivity index (χ1n) is 8.07. The number of carbonyl (C=O) groups excluding carboxylic acids is 2. The van der Waals surface area contributed by atoms with Crippen molar-refractivity contribution in [2.45, 2.75) is 0 Å². The van der Waals surface area contributed by atoms with E-state index in [0.29, 0.717) is 21.7 Å². The highest BCUT2D eigenvalue weighted by molar-refractivity contribution is 7.18. The molecular weight excluding hydrogens is 384 g/mol. The SMILES string of the molecule is O=C1c2ccccc2C(=O)c2sc3c(Cl)c(=O)n(-c4ccccc4)c-3nc21. The van der Waals surface area contributed by atoms with Crippen molar-refractivity contribution in [1.82, 2.24) is 9.55 Å². The topological polar surface area (TPSA) is 69.0 Å². The molecule has 1 aliphatic carbocycles. The Morgan fingerprint density at radius 3 is 2.15 bits per heavy atom. The molecule has 2 heterocycles. The Hall–Kier alpha value is -3.09. The molecule has 0 aromatic heterocycles. The van der Waals surface area contributed by atoms with Crippen LogP contribution in [-0.2, 0) is 0 Å². The van der Waals surface area contributed by atoms with Gasteiger partial charge in [-0.3, -0.25) is 19.0 Å². The number of fused-ring (bicyclic) bond motifs is 3. The Bertz CT molecular complexity index is 1290. The molecule has 2 aromatic carbocycles. The van der Waals surface area contributed by atoms with Gasteiger partial charge in [0.15, 0.2) is 5.82 Å². The molecule has 7 heteroatoms. The van der Waals surface area contributed by atoms with Crippen LogP contribution in [0.1, 0.15) is 31.3 Å². The number of carbonyl (C=O) groups is 2. The van der Waals surface area contributed by atoms with Crippen molar-refractivity contribution in [3.63, 3.8) is 0 Å². The van der Waals surface area contributed by atoms with E-state index in [1.807, 2.05) is 6.07 Å². The second-order valence-electron chi connectivity index (χ2n) is 6.04. The van der Waals surface area contributed by atoms with Crippen LogP contribution in [-0.4, -0.2) is 21.1 Å². The molecule has 0 saturated heterocycles. The van der Waals surface area contributed by atoms with Gasteiger partial charge in [-0.15, -0.1) is 11.3 Å². The zero-order valence-electron chi connectivity index (χ0n) is 13.6. The molecule has 27 heavy (non-hydrogen) atoms. The first-order valence-corrected chi connectivity index (χ1v) is 9.26. The average Bonchev–Trinajstić information content (AvgIpc) is 2.96. The van der Waals surface area contributed by atoms with E-state index in [4.69, 9.17) is 11.6 Å². The van der Waals surface area contributed by atoms with Crippen molar-refractivity contribution in [1.29, 1.82) is 0 Å². The lowest BCUT2D eigenvalue weighted by molar-refractivity contribution is 0.0978. The molecule has 0 unspecified atom stereocenters. The molecule has 2 aliphatic heterocycles. The molecule has 0 spiro atoms. The second kappa shape index (κ2) is 5.70. The molecule has 130 valence electrons. The van der Waals surface area contributed by atoms with Gasteiger partial charge in [-0.05, 0) is 12.1 Å². The Kier molecular flexibility index (Phi) is 3.40. The van der Waals surface area contributed by atoms with Crippen LogP contribution in [0.4, 0.5) is 0 Å². The summed E-state index contributed by atoms with van der Waals surface area (Å²) in [5.41, 5.74) is 0.881. The average molecular weight is 393 g/mol. The number of para-hydroxylation sites is 1. The van der Waals surface area contributed by atoms with Crippen LogP contribution in [0.5, 0.6) is 0 Å². The van der Waals surface area contributed by atoms with Crippen molar-refractivity contribution < 1.29 is 9.59 Å². The third kappa shape index (κ3) is 2.17. The maximum atomic E-state index is 12.9. The first-order chi connectivity index (χ1) is 13.1. The lowest BCUT2D eigenvalue weighted by Crippen LogP contribution is -2.22. The van der Waals surface area contributed by atoms with E-state index in [2.05, 4.69) is 4.98 Å². The van der Waals surface area contributed by atoms with Gasteiger partial charge in [0, 0.05) is 11.1 Å². The fourth-order valence-electron chi connectivity index (χ4n) is 3.24. The summed E-state index contributed by atoms with van der Waals surface area (Å²) in [6.07, 6.45) is 0. The van der Waals surface area contributed by atoms with Crippen molar-refractivity contribution in [2.24, 2.45) is 0 Å². The number of hydrogen-bond donors (Lipinski definition) is 0. The van der Waals surface area contributed by atoms with Crippen molar-refractivity contribution in [3.8, 4) is 16.4 Å². The van der Waals surface area contributed by atoms with Gasteiger partial charge >= 0.3 is 0 Å². The number of aromatic nitrogens is 2. The number of hydrogen-bond acceptors (Lipinski definition) is 5. The summed E-state index contributed by atoms with van der Waals surface area (Å²) in [5, 5.41) is -0.00624. The predicted octanol–water partition coefficient (Wildman–Crippen LogP) is 3.83. The van der Waals surface area contributed by atoms with E-state index in [0.717, 1.165) is 11.3 Å². The number of ketones is 2. The molecule has 0 amide bonds. The summed E-state index contributed by atoms with van der Waals surface area (Å²) in [6, 6.07) is 15.6. The normalized spacial score (nSPS) is 12.9. The second-order valence-corrected chi connectivity index (χ2v) is 7.44. The standard InChI is InChI=1S/C20H9ClN2O3S/c21-13-17-19(23(20(13)26)10-6-2-1-3-7-10)22-14-15(24)11-8-4-5-9-12(11)16(25)18(14)27-17/h1-9H. The van der Waals surface area contributed by atoms with Gasteiger partial charge in [-0.2, -0.15) is 0 Å². The third-order valence-corrected chi connectivity index (χ3v) is 6.13. The Morgan fingerprint density at radius 2 is 1.44 bits per heavy atom. The van der Waals surface area contributed by atoms with Gasteiger partial charge in [-0.25, -0.2) is 4.98 Å². The number of benzene rings is 2. The first kappa shape index (κ1) is 16.1. The lowest BCUT2D eigenvalue weighted by atomic mass is 9.91. The van der Waals surface area contributed by atoms with Crippen LogP contribution in [0.25, 0.3) is 16.4 Å². The molecule has 0 radical (unpaired) electrons. The van der Waals surface area contributed by atoms with Gasteiger partial charge in [0.1, 0.15) is 15.6 Å². The smallest absolute Gasteiger partial charge is 0.277 e. The minimum absolute atomic E-state index is 0.00624. The fourth-order valence-corrected chi connectivity index (χ4v) is 4.57. The lowest BCUT2D eigenvalue weighted by Gasteiger charge is -2.17. The van der Waals surface area contributed by atoms with E-state index < -0.39 is 5.56 Å². The van der Waals surface area contributed by atoms with Crippen LogP contribution >= 0.6 is 22.9 Å². The monoisotopic (exact) mass is 392 g/mol. The van der Waals surface area contributed by atoms with Gasteiger partial charge in [-0.1, -0.05) is 54.1 Å². The highest BCUT2D eigenvalue weighted by atomic mass is 35.5. The fraction of sp³-hybridized carbons (Fsp3) is 0. The van der Waals surface area contributed by atoms with Crippen molar-refractivity contribution in [2.75, 3.05) is 0 Å². The molecule has 0 saturated carbocycles. The molecule has 0 N–H and O–H groups in total. The zero-order chi connectivity index (χ0) is 18.7. The van der Waals surface area contributed by atoms with Gasteiger partial charge < -0.3 is 0 Å². The Balaban J connectivity index is 1.85. The minimum Gasteiger partial charge on any atom is -0.288 e. The maximum Gasteiger partial charge on any atom is 0.277 e. The molecule has 2 aromatic rings. The highest BCUT2D eigenvalue weighted by Crippen LogP contribution is 2.39.